The Hall–Kier alpha value is -3.20. The van der Waals surface area contributed by atoms with Crippen molar-refractivity contribution in [2.24, 2.45) is 0 Å². The Kier molecular flexibility index (Phi) is 4.59. The fraction of sp³-hybridized carbons (Fsp3) is 0.167. The zero-order chi connectivity index (χ0) is 18.8. The van der Waals surface area contributed by atoms with E-state index in [1.54, 1.807) is 18.2 Å². The van der Waals surface area contributed by atoms with Gasteiger partial charge in [-0.2, -0.15) is 0 Å². The van der Waals surface area contributed by atoms with Crippen molar-refractivity contribution in [3.05, 3.63) is 48.0 Å². The first-order valence-electron chi connectivity index (χ1n) is 8.20. The Morgan fingerprint density at radius 2 is 2.04 bits per heavy atom. The fourth-order valence-corrected chi connectivity index (χ4v) is 3.34. The van der Waals surface area contributed by atoms with E-state index in [0.29, 0.717) is 28.2 Å². The van der Waals surface area contributed by atoms with Crippen molar-refractivity contribution in [2.75, 3.05) is 23.7 Å². The van der Waals surface area contributed by atoms with Gasteiger partial charge in [0.2, 0.25) is 17.9 Å². The summed E-state index contributed by atoms with van der Waals surface area (Å²) in [5.41, 5.74) is 2.59. The molecule has 27 heavy (non-hydrogen) atoms. The predicted molar refractivity (Wildman–Crippen MR) is 102 cm³/mol. The molecule has 9 heteroatoms. The quantitative estimate of drug-likeness (QED) is 0.515. The van der Waals surface area contributed by atoms with Crippen molar-refractivity contribution in [2.45, 2.75) is 12.1 Å². The highest BCUT2D eigenvalue weighted by Gasteiger charge is 2.16. The van der Waals surface area contributed by atoms with Gasteiger partial charge in [0, 0.05) is 17.3 Å². The second kappa shape index (κ2) is 7.20. The van der Waals surface area contributed by atoms with Crippen molar-refractivity contribution >= 4 is 23.4 Å². The minimum absolute atomic E-state index is 0.150. The zero-order valence-electron chi connectivity index (χ0n) is 14.5. The van der Waals surface area contributed by atoms with Gasteiger partial charge in [-0.3, -0.25) is 4.79 Å². The number of hydrogen-bond acceptors (Lipinski definition) is 7. The van der Waals surface area contributed by atoms with Gasteiger partial charge >= 0.3 is 0 Å². The summed E-state index contributed by atoms with van der Waals surface area (Å²) in [6.07, 6.45) is 0. The number of thioether (sulfide) groups is 1. The third-order valence-electron chi connectivity index (χ3n) is 4.04. The van der Waals surface area contributed by atoms with E-state index in [1.165, 1.54) is 16.4 Å². The average molecular weight is 383 g/mol. The van der Waals surface area contributed by atoms with Gasteiger partial charge in [-0.1, -0.05) is 36.0 Å². The first kappa shape index (κ1) is 17.2. The molecule has 1 aliphatic rings. The maximum Gasteiger partial charge on any atom is 0.234 e. The SMILES string of the molecule is Cc1ccccc1-c1nnc(SCC(=O)Nc2ccc3c(c2)OCO3)n1N. The molecular formula is C18H17N5O3S. The van der Waals surface area contributed by atoms with Gasteiger partial charge in [0.1, 0.15) is 0 Å². The smallest absolute Gasteiger partial charge is 0.234 e. The van der Waals surface area contributed by atoms with Crippen LogP contribution in [-0.4, -0.2) is 33.3 Å². The summed E-state index contributed by atoms with van der Waals surface area (Å²) < 4.78 is 12.0. The molecule has 0 radical (unpaired) electrons. The first-order valence-corrected chi connectivity index (χ1v) is 9.19. The number of rotatable bonds is 5. The number of nitrogen functional groups attached to an aromatic ring is 1. The molecule has 0 saturated heterocycles. The van der Waals surface area contributed by atoms with E-state index in [2.05, 4.69) is 15.5 Å². The first-order chi connectivity index (χ1) is 13.1. The zero-order valence-corrected chi connectivity index (χ0v) is 15.3. The maximum absolute atomic E-state index is 12.2. The summed E-state index contributed by atoms with van der Waals surface area (Å²) >= 11 is 1.22. The van der Waals surface area contributed by atoms with Crippen molar-refractivity contribution in [3.63, 3.8) is 0 Å². The summed E-state index contributed by atoms with van der Waals surface area (Å²) in [6.45, 7) is 2.17. The number of fused-ring (bicyclic) bond motifs is 1. The predicted octanol–water partition coefficient (Wildman–Crippen LogP) is 2.43. The molecule has 2 heterocycles. The van der Waals surface area contributed by atoms with Crippen LogP contribution in [0.4, 0.5) is 5.69 Å². The standard InChI is InChI=1S/C18H17N5O3S/c1-11-4-2-3-5-13(11)17-21-22-18(23(17)19)27-9-16(24)20-12-6-7-14-15(8-12)26-10-25-14/h2-8H,9-10,19H2,1H3,(H,20,24). The van der Waals surface area contributed by atoms with E-state index in [0.717, 1.165) is 11.1 Å². The van der Waals surface area contributed by atoms with Crippen LogP contribution in [0.2, 0.25) is 0 Å². The van der Waals surface area contributed by atoms with Gasteiger partial charge in [-0.25, -0.2) is 4.68 Å². The summed E-state index contributed by atoms with van der Waals surface area (Å²) in [5.74, 6) is 7.93. The molecule has 3 aromatic rings. The number of amides is 1. The molecule has 0 unspecified atom stereocenters. The fourth-order valence-electron chi connectivity index (χ4n) is 2.68. The monoisotopic (exact) mass is 383 g/mol. The lowest BCUT2D eigenvalue weighted by molar-refractivity contribution is -0.113. The minimum atomic E-state index is -0.181. The lowest BCUT2D eigenvalue weighted by atomic mass is 10.1. The number of carbonyl (C=O) groups excluding carboxylic acids is 1. The van der Waals surface area contributed by atoms with Crippen LogP contribution in [0.1, 0.15) is 5.56 Å². The molecule has 1 aromatic heterocycles. The number of nitrogens with one attached hydrogen (secondary N) is 1. The van der Waals surface area contributed by atoms with E-state index >= 15 is 0 Å². The Balaban J connectivity index is 1.40. The highest BCUT2D eigenvalue weighted by atomic mass is 32.2. The Labute approximate surface area is 159 Å². The second-order valence-electron chi connectivity index (χ2n) is 5.90. The number of nitrogens with zero attached hydrogens (tertiary/aromatic N) is 3. The summed E-state index contributed by atoms with van der Waals surface area (Å²) in [5, 5.41) is 11.5. The number of anilines is 1. The molecule has 4 rings (SSSR count). The number of ether oxygens (including phenoxy) is 2. The van der Waals surface area contributed by atoms with Gasteiger partial charge in [0.05, 0.1) is 5.75 Å². The molecule has 0 aliphatic carbocycles. The maximum atomic E-state index is 12.2. The number of nitrogens with two attached hydrogens (primary N) is 1. The van der Waals surface area contributed by atoms with Crippen LogP contribution in [0, 0.1) is 6.92 Å². The molecule has 0 spiro atoms. The van der Waals surface area contributed by atoms with Gasteiger partial charge in [-0.15, -0.1) is 10.2 Å². The second-order valence-corrected chi connectivity index (χ2v) is 6.84. The number of benzene rings is 2. The summed E-state index contributed by atoms with van der Waals surface area (Å²) in [4.78, 5) is 12.2. The van der Waals surface area contributed by atoms with Crippen LogP contribution in [0.5, 0.6) is 11.5 Å². The molecule has 8 nitrogen and oxygen atoms in total. The Morgan fingerprint density at radius 3 is 2.89 bits per heavy atom. The molecule has 1 aliphatic heterocycles. The van der Waals surface area contributed by atoms with Crippen molar-refractivity contribution < 1.29 is 14.3 Å². The van der Waals surface area contributed by atoms with E-state index in [1.807, 2.05) is 31.2 Å². The highest BCUT2D eigenvalue weighted by molar-refractivity contribution is 7.99. The Morgan fingerprint density at radius 1 is 1.22 bits per heavy atom. The molecular weight excluding hydrogens is 366 g/mol. The summed E-state index contributed by atoms with van der Waals surface area (Å²) in [6, 6.07) is 13.0. The van der Waals surface area contributed by atoms with Crippen molar-refractivity contribution in [1.82, 2.24) is 14.9 Å². The number of aryl methyl sites for hydroxylation is 1. The highest BCUT2D eigenvalue weighted by Crippen LogP contribution is 2.34. The van der Waals surface area contributed by atoms with Gasteiger partial charge in [-0.05, 0) is 24.6 Å². The Bertz CT molecular complexity index is 1000. The van der Waals surface area contributed by atoms with Crippen molar-refractivity contribution in [3.8, 4) is 22.9 Å². The van der Waals surface area contributed by atoms with Gasteiger partial charge in [0.25, 0.3) is 0 Å². The molecule has 0 atom stereocenters. The largest absolute Gasteiger partial charge is 0.454 e. The number of aromatic nitrogens is 3. The van der Waals surface area contributed by atoms with Crippen molar-refractivity contribution in [1.29, 1.82) is 0 Å². The van der Waals surface area contributed by atoms with E-state index < -0.39 is 0 Å². The van der Waals surface area contributed by atoms with E-state index in [-0.39, 0.29) is 18.5 Å². The van der Waals surface area contributed by atoms with Gasteiger partial charge < -0.3 is 20.6 Å². The average Bonchev–Trinajstić information content (AvgIpc) is 3.27. The molecule has 2 aromatic carbocycles. The summed E-state index contributed by atoms with van der Waals surface area (Å²) in [7, 11) is 0. The molecule has 3 N–H and O–H groups in total. The normalized spacial score (nSPS) is 12.2. The third-order valence-corrected chi connectivity index (χ3v) is 4.98. The molecule has 0 bridgehead atoms. The lowest BCUT2D eigenvalue weighted by Gasteiger charge is -2.07. The van der Waals surface area contributed by atoms with Crippen LogP contribution in [0.15, 0.2) is 47.6 Å². The van der Waals surface area contributed by atoms with E-state index in [9.17, 15) is 4.79 Å². The van der Waals surface area contributed by atoms with Crippen LogP contribution in [-0.2, 0) is 4.79 Å². The van der Waals surface area contributed by atoms with Gasteiger partial charge in [0.15, 0.2) is 17.3 Å². The molecule has 1 amide bonds. The number of carbonyl (C=O) groups is 1. The van der Waals surface area contributed by atoms with Crippen LogP contribution < -0.4 is 20.6 Å². The van der Waals surface area contributed by atoms with Crippen LogP contribution >= 0.6 is 11.8 Å². The van der Waals surface area contributed by atoms with Crippen LogP contribution in [0.25, 0.3) is 11.4 Å². The molecule has 0 saturated carbocycles. The molecule has 138 valence electrons. The molecule has 0 fully saturated rings. The van der Waals surface area contributed by atoms with Crippen LogP contribution in [0.3, 0.4) is 0 Å². The lowest BCUT2D eigenvalue weighted by Crippen LogP contribution is -2.16. The third kappa shape index (κ3) is 3.54. The number of hydrogen-bond donors (Lipinski definition) is 2. The van der Waals surface area contributed by atoms with E-state index in [4.69, 9.17) is 15.3 Å². The topological polar surface area (TPSA) is 104 Å². The minimum Gasteiger partial charge on any atom is -0.454 e.